The van der Waals surface area contributed by atoms with Gasteiger partial charge in [0.1, 0.15) is 43.4 Å². The van der Waals surface area contributed by atoms with E-state index in [1.54, 1.807) is 24.4 Å². The molecule has 0 saturated carbocycles. The van der Waals surface area contributed by atoms with Gasteiger partial charge in [-0.2, -0.15) is 5.26 Å². The number of ether oxygens (including phenoxy) is 4. The van der Waals surface area contributed by atoms with E-state index in [1.807, 2.05) is 49.4 Å². The van der Waals surface area contributed by atoms with Gasteiger partial charge in [0.05, 0.1) is 10.6 Å². The lowest BCUT2D eigenvalue weighted by Gasteiger charge is -2.28. The smallest absolute Gasteiger partial charge is 0.320 e. The van der Waals surface area contributed by atoms with Crippen LogP contribution in [0.5, 0.6) is 23.0 Å². The third-order valence-electron chi connectivity index (χ3n) is 7.45. The highest BCUT2D eigenvalue weighted by atomic mass is 35.5. The number of nitrogens with zero attached hydrogens (tertiary/aromatic N) is 2. The van der Waals surface area contributed by atoms with Crippen LogP contribution < -0.4 is 30.0 Å². The van der Waals surface area contributed by atoms with E-state index >= 15 is 0 Å². The molecule has 4 N–H and O–H groups in total. The normalized spacial score (nSPS) is 14.3. The third-order valence-corrected chi connectivity index (χ3v) is 7.75. The predicted octanol–water partition coefficient (Wildman–Crippen LogP) is 5.48. The van der Waals surface area contributed by atoms with Gasteiger partial charge in [-0.3, -0.25) is 9.78 Å². The maximum Gasteiger partial charge on any atom is 0.320 e. The topological polar surface area (TPSA) is 149 Å². The molecule has 1 aliphatic rings. The number of fused-ring (bicyclic) bond motifs is 1. The van der Waals surface area contributed by atoms with Gasteiger partial charge in [0, 0.05) is 36.1 Å². The van der Waals surface area contributed by atoms with Crippen LogP contribution >= 0.6 is 11.6 Å². The predicted molar refractivity (Wildman–Crippen MR) is 167 cm³/mol. The summed E-state index contributed by atoms with van der Waals surface area (Å²) in [7, 11) is 0. The van der Waals surface area contributed by atoms with Crippen molar-refractivity contribution in [3.05, 3.63) is 111 Å². The molecule has 0 spiro atoms. The molecule has 1 aliphatic heterocycles. The van der Waals surface area contributed by atoms with E-state index in [1.165, 1.54) is 6.20 Å². The Morgan fingerprint density at radius 3 is 2.69 bits per heavy atom. The number of carboxylic acids is 1. The number of para-hydroxylation sites is 2. The Balaban J connectivity index is 1.35. The number of carboxylic acid groups (broad SMARTS) is 1. The van der Waals surface area contributed by atoms with Crippen LogP contribution in [-0.2, 0) is 24.6 Å². The zero-order chi connectivity index (χ0) is 31.8. The van der Waals surface area contributed by atoms with Gasteiger partial charge in [0.15, 0.2) is 17.6 Å². The Kier molecular flexibility index (Phi) is 10.4. The summed E-state index contributed by atoms with van der Waals surface area (Å²) in [6.07, 6.45) is 3.08. The second-order valence-corrected chi connectivity index (χ2v) is 10.9. The van der Waals surface area contributed by atoms with Crippen molar-refractivity contribution in [2.24, 2.45) is 5.73 Å². The molecule has 0 fully saturated rings. The number of pyridine rings is 1. The van der Waals surface area contributed by atoms with Crippen LogP contribution in [0.15, 0.2) is 73.1 Å². The van der Waals surface area contributed by atoms with Crippen molar-refractivity contribution in [2.75, 3.05) is 13.2 Å². The lowest BCUT2D eigenvalue weighted by Crippen LogP contribution is -2.37. The van der Waals surface area contributed by atoms with E-state index < -0.39 is 12.0 Å². The molecule has 232 valence electrons. The summed E-state index contributed by atoms with van der Waals surface area (Å²) in [6, 6.07) is 19.9. The highest BCUT2D eigenvalue weighted by Gasteiger charge is 2.25. The molecule has 2 atom stereocenters. The van der Waals surface area contributed by atoms with Gasteiger partial charge < -0.3 is 35.1 Å². The third kappa shape index (κ3) is 7.83. The molecule has 0 bridgehead atoms. The number of rotatable bonds is 13. The van der Waals surface area contributed by atoms with E-state index in [2.05, 4.69) is 16.4 Å². The van der Waals surface area contributed by atoms with Gasteiger partial charge in [-0.05, 0) is 60.8 Å². The summed E-state index contributed by atoms with van der Waals surface area (Å²) < 4.78 is 24.5. The van der Waals surface area contributed by atoms with Gasteiger partial charge in [-0.1, -0.05) is 41.9 Å². The number of hydrogen-bond acceptors (Lipinski definition) is 9. The van der Waals surface area contributed by atoms with Gasteiger partial charge >= 0.3 is 5.97 Å². The Morgan fingerprint density at radius 1 is 1.11 bits per heavy atom. The Morgan fingerprint density at radius 2 is 1.91 bits per heavy atom. The minimum Gasteiger partial charge on any atom is -0.488 e. The van der Waals surface area contributed by atoms with E-state index in [4.69, 9.17) is 36.3 Å². The van der Waals surface area contributed by atoms with Crippen molar-refractivity contribution in [1.82, 2.24) is 10.3 Å². The molecule has 1 unspecified atom stereocenters. The summed E-state index contributed by atoms with van der Waals surface area (Å²) >= 11 is 6.68. The Labute approximate surface area is 266 Å². The molecule has 4 aromatic rings. The number of nitriles is 1. The molecule has 1 aromatic heterocycles. The Bertz CT molecular complexity index is 1710. The molecule has 45 heavy (non-hydrogen) atoms. The highest BCUT2D eigenvalue weighted by molar-refractivity contribution is 6.32. The number of benzene rings is 3. The summed E-state index contributed by atoms with van der Waals surface area (Å²) in [4.78, 5) is 15.8. The minimum atomic E-state index is -1.000. The SMILES string of the molecule is Cc1c(COc2cc(OCc3cncc(C#N)c3)c(CN[C@@H](CCN)C(=O)O)cc2Cl)cccc1C1COc2ccccc2O1. The number of aromatic nitrogens is 1. The highest BCUT2D eigenvalue weighted by Crippen LogP contribution is 2.38. The lowest BCUT2D eigenvalue weighted by atomic mass is 9.98. The van der Waals surface area contributed by atoms with Crippen molar-refractivity contribution >= 4 is 17.6 Å². The van der Waals surface area contributed by atoms with Crippen molar-refractivity contribution in [3.8, 4) is 29.1 Å². The van der Waals surface area contributed by atoms with E-state index in [0.717, 1.165) is 22.4 Å². The molecule has 0 amide bonds. The van der Waals surface area contributed by atoms with Crippen LogP contribution in [0.1, 0.15) is 45.9 Å². The average Bonchev–Trinajstić information content (AvgIpc) is 3.05. The van der Waals surface area contributed by atoms with Crippen molar-refractivity contribution < 1.29 is 28.8 Å². The summed E-state index contributed by atoms with van der Waals surface area (Å²) in [5, 5.41) is 22.1. The first kappa shape index (κ1) is 31.6. The van der Waals surface area contributed by atoms with Crippen molar-refractivity contribution in [3.63, 3.8) is 0 Å². The van der Waals surface area contributed by atoms with Gasteiger partial charge in [-0.25, -0.2) is 0 Å². The summed E-state index contributed by atoms with van der Waals surface area (Å²) in [5.41, 5.74) is 10.3. The fraction of sp³-hybridized carbons (Fsp3) is 0.265. The van der Waals surface area contributed by atoms with E-state index in [-0.39, 0.29) is 38.8 Å². The standard InChI is InChI=1S/C34H33ClN4O6/c1-21-24(5-4-6-26(21)33-20-44-29-7-2-3-8-30(29)45-33)19-43-32-13-31(42-18-23-11-22(14-37)15-38-16-23)25(12-27(32)35)17-39-28(9-10-36)34(40)41/h2-8,11-13,15-16,28,33,39H,9-10,17-20,36H2,1H3,(H,40,41)/t28-,33?/m0/s1. The maximum absolute atomic E-state index is 11.7. The van der Waals surface area contributed by atoms with E-state index in [0.29, 0.717) is 45.6 Å². The van der Waals surface area contributed by atoms with Gasteiger partial charge in [0.2, 0.25) is 0 Å². The van der Waals surface area contributed by atoms with Crippen molar-refractivity contribution in [1.29, 1.82) is 5.26 Å². The van der Waals surface area contributed by atoms with Crippen molar-refractivity contribution in [2.45, 2.75) is 45.2 Å². The average molecular weight is 629 g/mol. The summed E-state index contributed by atoms with van der Waals surface area (Å²) in [5.74, 6) is 1.27. The van der Waals surface area contributed by atoms with Crippen LogP contribution in [0, 0.1) is 18.3 Å². The largest absolute Gasteiger partial charge is 0.488 e. The Hall–Kier alpha value is -4.82. The molecule has 0 saturated heterocycles. The van der Waals surface area contributed by atoms with Crippen LogP contribution in [0.4, 0.5) is 0 Å². The number of hydrogen-bond donors (Lipinski definition) is 3. The maximum atomic E-state index is 11.7. The minimum absolute atomic E-state index is 0.121. The monoisotopic (exact) mass is 628 g/mol. The fourth-order valence-electron chi connectivity index (χ4n) is 5.00. The first-order chi connectivity index (χ1) is 21.9. The van der Waals surface area contributed by atoms with Crippen LogP contribution in [-0.4, -0.2) is 35.3 Å². The second-order valence-electron chi connectivity index (χ2n) is 10.5. The second kappa shape index (κ2) is 14.8. The number of halogens is 1. The first-order valence-electron chi connectivity index (χ1n) is 14.4. The zero-order valence-electron chi connectivity index (χ0n) is 24.7. The van der Waals surface area contributed by atoms with Gasteiger partial charge in [0.25, 0.3) is 0 Å². The molecule has 10 nitrogen and oxygen atoms in total. The van der Waals surface area contributed by atoms with Crippen LogP contribution in [0.2, 0.25) is 5.02 Å². The van der Waals surface area contributed by atoms with Crippen LogP contribution in [0.25, 0.3) is 0 Å². The fourth-order valence-corrected chi connectivity index (χ4v) is 5.24. The molecular weight excluding hydrogens is 596 g/mol. The first-order valence-corrected chi connectivity index (χ1v) is 14.8. The molecular formula is C34H33ClN4O6. The number of nitrogens with two attached hydrogens (primary N) is 1. The molecule has 2 heterocycles. The van der Waals surface area contributed by atoms with E-state index in [9.17, 15) is 15.2 Å². The number of carbonyl (C=O) groups is 1. The van der Waals surface area contributed by atoms with Crippen LogP contribution in [0.3, 0.4) is 0 Å². The lowest BCUT2D eigenvalue weighted by molar-refractivity contribution is -0.139. The molecule has 5 rings (SSSR count). The molecule has 11 heteroatoms. The molecule has 3 aromatic carbocycles. The quantitative estimate of drug-likeness (QED) is 0.174. The molecule has 0 radical (unpaired) electrons. The molecule has 0 aliphatic carbocycles. The number of aliphatic carboxylic acids is 1. The summed E-state index contributed by atoms with van der Waals surface area (Å²) in [6.45, 7) is 3.15. The van der Waals surface area contributed by atoms with Gasteiger partial charge in [-0.15, -0.1) is 0 Å². The number of nitrogens with one attached hydrogen (secondary N) is 1. The zero-order valence-corrected chi connectivity index (χ0v) is 25.4.